The molecule has 210 valence electrons. The zero-order chi connectivity index (χ0) is 28.7. The monoisotopic (exact) mass is 582 g/mol. The van der Waals surface area contributed by atoms with Crippen LogP contribution in [0, 0.1) is 5.82 Å². The molecule has 0 N–H and O–H groups in total. The Balaban J connectivity index is 1.67. The molecule has 0 fully saturated rings. The maximum absolute atomic E-state index is 13.8. The maximum atomic E-state index is 13.8. The van der Waals surface area contributed by atoms with Gasteiger partial charge in [0.25, 0.3) is 5.91 Å². The van der Waals surface area contributed by atoms with Gasteiger partial charge in [-0.05, 0) is 92.1 Å². The minimum atomic E-state index is -3.69. The van der Waals surface area contributed by atoms with Crippen molar-refractivity contribution in [3.63, 3.8) is 0 Å². The van der Waals surface area contributed by atoms with Gasteiger partial charge in [-0.25, -0.2) is 17.8 Å². The number of anilines is 1. The Hall–Kier alpha value is -3.67. The first-order valence-corrected chi connectivity index (χ1v) is 15.3. The molecule has 11 heteroatoms. The number of sulfonamides is 1. The second-order valence-corrected chi connectivity index (χ2v) is 11.8. The number of rotatable bonds is 12. The highest BCUT2D eigenvalue weighted by Crippen LogP contribution is 2.31. The molecule has 1 heterocycles. The van der Waals surface area contributed by atoms with Crippen molar-refractivity contribution in [1.82, 2.24) is 9.29 Å². The Labute approximate surface area is 237 Å². The van der Waals surface area contributed by atoms with Crippen molar-refractivity contribution in [1.29, 1.82) is 0 Å². The van der Waals surface area contributed by atoms with Gasteiger partial charge in [-0.1, -0.05) is 25.2 Å². The van der Waals surface area contributed by atoms with Gasteiger partial charge < -0.3 is 4.74 Å². The summed E-state index contributed by atoms with van der Waals surface area (Å²) in [5.74, 6) is -0.202. The van der Waals surface area contributed by atoms with Crippen molar-refractivity contribution < 1.29 is 22.3 Å². The summed E-state index contributed by atoms with van der Waals surface area (Å²) in [6.45, 7) is 7.14. The molecule has 0 radical (unpaired) electrons. The van der Waals surface area contributed by atoms with E-state index >= 15 is 0 Å². The van der Waals surface area contributed by atoms with Crippen LogP contribution in [0.4, 0.5) is 9.52 Å². The number of aromatic nitrogens is 1. The third-order valence-electron chi connectivity index (χ3n) is 5.91. The number of carbonyl (C=O) groups is 1. The van der Waals surface area contributed by atoms with Gasteiger partial charge in [0, 0.05) is 18.7 Å². The first-order valence-electron chi connectivity index (χ1n) is 13.0. The lowest BCUT2D eigenvalue weighted by Crippen LogP contribution is -2.32. The second kappa shape index (κ2) is 13.1. The highest BCUT2D eigenvalue weighted by molar-refractivity contribution is 7.89. The normalized spacial score (nSPS) is 11.9. The average molecular weight is 583 g/mol. The van der Waals surface area contributed by atoms with Gasteiger partial charge in [0.2, 0.25) is 15.2 Å². The Morgan fingerprint density at radius 3 is 2.30 bits per heavy atom. The molecule has 0 unspecified atom stereocenters. The molecule has 4 rings (SSSR count). The van der Waals surface area contributed by atoms with Crippen LogP contribution in [0.1, 0.15) is 49.5 Å². The lowest BCUT2D eigenvalue weighted by Gasteiger charge is -2.21. The molecule has 8 nitrogen and oxygen atoms in total. The topological polar surface area (TPSA) is 92.2 Å². The van der Waals surface area contributed by atoms with Crippen molar-refractivity contribution in [2.24, 2.45) is 5.10 Å². The van der Waals surface area contributed by atoms with Crippen molar-refractivity contribution in [2.75, 3.05) is 24.7 Å². The molecule has 0 aliphatic carbocycles. The van der Waals surface area contributed by atoms with E-state index in [9.17, 15) is 17.6 Å². The number of hydrogen-bond acceptors (Lipinski definition) is 7. The fourth-order valence-electron chi connectivity index (χ4n) is 4.00. The van der Waals surface area contributed by atoms with Gasteiger partial charge in [-0.15, -0.1) is 0 Å². The van der Waals surface area contributed by atoms with Gasteiger partial charge in [-0.2, -0.15) is 14.4 Å². The van der Waals surface area contributed by atoms with Crippen molar-refractivity contribution in [2.45, 2.75) is 38.5 Å². The standard InChI is InChI=1S/C29H31FN4O4S2/c1-4-17-33(18-5-2)40(36,37)25-14-9-22(10-15-25)28(35)34(29-32-26-16-11-23(30)19-27(26)39-29)31-20-21-7-12-24(13-8-21)38-6-3/h7-16,19-20H,4-6,17-18H2,1-3H3/b31-20+. The van der Waals surface area contributed by atoms with E-state index in [-0.39, 0.29) is 15.6 Å². The number of fused-ring (bicyclic) bond motifs is 1. The highest BCUT2D eigenvalue weighted by Gasteiger charge is 2.25. The number of hydrazone groups is 1. The molecule has 0 saturated carbocycles. The third-order valence-corrected chi connectivity index (χ3v) is 8.82. The first-order chi connectivity index (χ1) is 19.3. The van der Waals surface area contributed by atoms with E-state index in [1.165, 1.54) is 46.9 Å². The van der Waals surface area contributed by atoms with Gasteiger partial charge in [0.05, 0.1) is 27.9 Å². The lowest BCUT2D eigenvalue weighted by molar-refractivity contribution is 0.0987. The molecule has 0 saturated heterocycles. The quantitative estimate of drug-likeness (QED) is 0.144. The number of nitrogens with zero attached hydrogens (tertiary/aromatic N) is 4. The summed E-state index contributed by atoms with van der Waals surface area (Å²) in [7, 11) is -3.69. The van der Waals surface area contributed by atoms with Gasteiger partial charge in [0.1, 0.15) is 11.6 Å². The number of benzene rings is 3. The number of thiazole rings is 1. The predicted octanol–water partition coefficient (Wildman–Crippen LogP) is 6.33. The fraction of sp³-hybridized carbons (Fsp3) is 0.276. The summed E-state index contributed by atoms with van der Waals surface area (Å²) < 4.78 is 47.6. The number of carbonyl (C=O) groups excluding carboxylic acids is 1. The number of ether oxygens (including phenoxy) is 1. The van der Waals surface area contributed by atoms with E-state index in [2.05, 4.69) is 10.1 Å². The predicted molar refractivity (Wildman–Crippen MR) is 157 cm³/mol. The first kappa shape index (κ1) is 29.3. The van der Waals surface area contributed by atoms with E-state index in [1.807, 2.05) is 32.9 Å². The number of halogens is 1. The van der Waals surface area contributed by atoms with Crippen molar-refractivity contribution in [3.05, 3.63) is 83.7 Å². The molecule has 40 heavy (non-hydrogen) atoms. The zero-order valence-corrected chi connectivity index (χ0v) is 24.2. The van der Waals surface area contributed by atoms with Crippen LogP contribution >= 0.6 is 11.3 Å². The van der Waals surface area contributed by atoms with Crippen LogP contribution in [-0.4, -0.2) is 49.5 Å². The maximum Gasteiger partial charge on any atom is 0.280 e. The molecule has 0 aliphatic heterocycles. The second-order valence-electron chi connectivity index (χ2n) is 8.90. The largest absolute Gasteiger partial charge is 0.494 e. The minimum absolute atomic E-state index is 0.117. The summed E-state index contributed by atoms with van der Waals surface area (Å²) in [6, 6.07) is 17.2. The molecule has 1 aromatic heterocycles. The zero-order valence-electron chi connectivity index (χ0n) is 22.6. The summed E-state index contributed by atoms with van der Waals surface area (Å²) in [6.07, 6.45) is 2.92. The van der Waals surface area contributed by atoms with E-state index in [1.54, 1.807) is 18.2 Å². The van der Waals surface area contributed by atoms with Crippen LogP contribution in [0.3, 0.4) is 0 Å². The average Bonchev–Trinajstić information content (AvgIpc) is 3.37. The lowest BCUT2D eigenvalue weighted by atomic mass is 10.2. The Morgan fingerprint density at radius 1 is 1.00 bits per heavy atom. The van der Waals surface area contributed by atoms with Gasteiger partial charge >= 0.3 is 0 Å². The van der Waals surface area contributed by atoms with E-state index in [4.69, 9.17) is 4.74 Å². The molecule has 0 spiro atoms. The van der Waals surface area contributed by atoms with E-state index in [0.717, 1.165) is 21.9 Å². The SMILES string of the molecule is CCCN(CCC)S(=O)(=O)c1ccc(C(=O)N(/N=C/c2ccc(OCC)cc2)c2nc3ccc(F)cc3s2)cc1. The van der Waals surface area contributed by atoms with Gasteiger partial charge in [-0.3, -0.25) is 4.79 Å². The summed E-state index contributed by atoms with van der Waals surface area (Å²) >= 11 is 1.13. The van der Waals surface area contributed by atoms with E-state index in [0.29, 0.717) is 48.5 Å². The molecule has 4 aromatic rings. The summed E-state index contributed by atoms with van der Waals surface area (Å²) in [5, 5.41) is 5.82. The van der Waals surface area contributed by atoms with Crippen LogP contribution in [0.15, 0.2) is 76.7 Å². The van der Waals surface area contributed by atoms with Crippen molar-refractivity contribution in [3.8, 4) is 5.75 Å². The summed E-state index contributed by atoms with van der Waals surface area (Å²) in [5.41, 5.74) is 1.48. The molecule has 0 aliphatic rings. The Kier molecular flexibility index (Phi) is 9.62. The van der Waals surface area contributed by atoms with Crippen LogP contribution in [0.5, 0.6) is 5.75 Å². The molecule has 3 aromatic carbocycles. The molecular formula is C29H31FN4O4S2. The van der Waals surface area contributed by atoms with Crippen molar-refractivity contribution >= 4 is 48.8 Å². The van der Waals surface area contributed by atoms with Crippen LogP contribution in [-0.2, 0) is 10.0 Å². The van der Waals surface area contributed by atoms with Gasteiger partial charge in [0.15, 0.2) is 0 Å². The fourth-order valence-corrected chi connectivity index (χ4v) is 6.57. The van der Waals surface area contributed by atoms with Crippen LogP contribution < -0.4 is 9.75 Å². The summed E-state index contributed by atoms with van der Waals surface area (Å²) in [4.78, 5) is 18.3. The molecule has 0 atom stereocenters. The number of amides is 1. The molecular weight excluding hydrogens is 551 g/mol. The Morgan fingerprint density at radius 2 is 1.68 bits per heavy atom. The minimum Gasteiger partial charge on any atom is -0.494 e. The highest BCUT2D eigenvalue weighted by atomic mass is 32.2. The smallest absolute Gasteiger partial charge is 0.280 e. The number of hydrogen-bond donors (Lipinski definition) is 0. The van der Waals surface area contributed by atoms with Crippen LogP contribution in [0.25, 0.3) is 10.2 Å². The van der Waals surface area contributed by atoms with Crippen LogP contribution in [0.2, 0.25) is 0 Å². The van der Waals surface area contributed by atoms with E-state index < -0.39 is 21.7 Å². The Bertz CT molecular complexity index is 1580. The third kappa shape index (κ3) is 6.72. The molecule has 1 amide bonds. The molecule has 0 bridgehead atoms.